The molecule has 1 saturated heterocycles. The summed E-state index contributed by atoms with van der Waals surface area (Å²) in [6.07, 6.45) is 6.70. The van der Waals surface area contributed by atoms with Crippen molar-refractivity contribution >= 4 is 34.8 Å². The molecule has 0 aliphatic carbocycles. The maximum atomic E-state index is 13.6. The van der Waals surface area contributed by atoms with Crippen molar-refractivity contribution in [2.45, 2.75) is 25.9 Å². The van der Waals surface area contributed by atoms with E-state index < -0.39 is 0 Å². The van der Waals surface area contributed by atoms with Crippen molar-refractivity contribution < 1.29 is 14.3 Å². The minimum atomic E-state index is -0.367. The number of fused-ring (bicyclic) bond motifs is 1. The number of carbonyl (C=O) groups excluding carboxylic acids is 1. The third-order valence-electron chi connectivity index (χ3n) is 7.00. The number of aliphatic hydroxyl groups excluding tert-OH is 1. The number of piperidine rings is 1. The van der Waals surface area contributed by atoms with Gasteiger partial charge in [0, 0.05) is 36.8 Å². The molecule has 0 radical (unpaired) electrons. The first-order valence-corrected chi connectivity index (χ1v) is 13.1. The number of hydrogen-bond donors (Lipinski definition) is 3. The summed E-state index contributed by atoms with van der Waals surface area (Å²) in [5.41, 5.74) is 5.77. The van der Waals surface area contributed by atoms with Crippen LogP contribution in [0.5, 0.6) is 0 Å². The quantitative estimate of drug-likeness (QED) is 0.204. The summed E-state index contributed by atoms with van der Waals surface area (Å²) in [6.45, 7) is 8.03. The van der Waals surface area contributed by atoms with Crippen LogP contribution < -0.4 is 5.32 Å². The third-order valence-corrected chi connectivity index (χ3v) is 7.00. The van der Waals surface area contributed by atoms with E-state index in [0.717, 1.165) is 54.7 Å². The fourth-order valence-electron chi connectivity index (χ4n) is 4.85. The van der Waals surface area contributed by atoms with E-state index >= 15 is 0 Å². The summed E-state index contributed by atoms with van der Waals surface area (Å²) in [4.78, 5) is 23.8. The van der Waals surface area contributed by atoms with E-state index in [0.29, 0.717) is 22.3 Å². The maximum Gasteiger partial charge on any atom is 0.276 e. The molecule has 1 amide bonds. The molecule has 0 saturated carbocycles. The summed E-state index contributed by atoms with van der Waals surface area (Å²) in [7, 11) is 0. The standard InChI is InChI=1S/C31H31FN6O2/c1-20(14-21(17-33-2)19-38-12-10-26(39)11-13-38)22-6-8-29-27(16-22)30(37-36-29)31(40)35-25-7-9-28(34-18-25)23-4-3-5-24(32)15-23/h3-9,14-18,26,39H,2,10-13,19H2,1H3,(H,35,40)(H,36,37)/b20-14+,21-17+. The monoisotopic (exact) mass is 538 g/mol. The van der Waals surface area contributed by atoms with E-state index in [4.69, 9.17) is 0 Å². The molecule has 4 aromatic rings. The van der Waals surface area contributed by atoms with Crippen LogP contribution in [-0.2, 0) is 0 Å². The van der Waals surface area contributed by atoms with Gasteiger partial charge >= 0.3 is 0 Å². The van der Waals surface area contributed by atoms with Gasteiger partial charge in [-0.05, 0) is 79.6 Å². The number of pyridine rings is 1. The predicted molar refractivity (Wildman–Crippen MR) is 157 cm³/mol. The van der Waals surface area contributed by atoms with Crippen molar-refractivity contribution in [2.24, 2.45) is 4.99 Å². The SMILES string of the molecule is C=N/C=C(\C=C(/C)c1ccc2[nH]nc(C(=O)Nc3ccc(-c4cccc(F)c4)nc3)c2c1)CN1CCC(O)CC1. The second kappa shape index (κ2) is 12.1. The second-order valence-corrected chi connectivity index (χ2v) is 9.95. The molecule has 5 rings (SSSR count). The van der Waals surface area contributed by atoms with Gasteiger partial charge in [0.1, 0.15) is 5.82 Å². The minimum Gasteiger partial charge on any atom is -0.393 e. The number of anilines is 1. The second-order valence-electron chi connectivity index (χ2n) is 9.95. The zero-order valence-electron chi connectivity index (χ0n) is 22.3. The van der Waals surface area contributed by atoms with E-state index in [1.165, 1.54) is 18.3 Å². The highest BCUT2D eigenvalue weighted by atomic mass is 19.1. The Bertz CT molecular complexity index is 1580. The van der Waals surface area contributed by atoms with E-state index in [1.807, 2.05) is 25.1 Å². The van der Waals surface area contributed by atoms with Crippen LogP contribution in [-0.4, -0.2) is 63.6 Å². The number of aliphatic imine (C=N–C) groups is 1. The summed E-state index contributed by atoms with van der Waals surface area (Å²) in [5, 5.41) is 20.5. The lowest BCUT2D eigenvalue weighted by atomic mass is 10.0. The van der Waals surface area contributed by atoms with Crippen LogP contribution in [0, 0.1) is 5.82 Å². The highest BCUT2D eigenvalue weighted by molar-refractivity contribution is 6.11. The Kier molecular flexibility index (Phi) is 8.23. The van der Waals surface area contributed by atoms with E-state index in [2.05, 4.69) is 43.2 Å². The average molecular weight is 539 g/mol. The number of hydrogen-bond acceptors (Lipinski definition) is 6. The summed E-state index contributed by atoms with van der Waals surface area (Å²) < 4.78 is 13.6. The Labute approximate surface area is 232 Å². The maximum absolute atomic E-state index is 13.6. The molecule has 0 bridgehead atoms. The van der Waals surface area contributed by atoms with Crippen molar-refractivity contribution in [3.05, 3.63) is 95.7 Å². The number of nitrogens with one attached hydrogen (secondary N) is 2. The van der Waals surface area contributed by atoms with Crippen LogP contribution in [0.4, 0.5) is 10.1 Å². The van der Waals surface area contributed by atoms with Gasteiger partial charge in [0.05, 0.1) is 29.2 Å². The van der Waals surface area contributed by atoms with Gasteiger partial charge in [-0.15, -0.1) is 0 Å². The normalized spacial score (nSPS) is 15.4. The lowest BCUT2D eigenvalue weighted by molar-refractivity contribution is 0.0872. The number of halogens is 1. The molecule has 1 fully saturated rings. The fraction of sp³-hybridized carbons (Fsp3) is 0.226. The largest absolute Gasteiger partial charge is 0.393 e. The number of benzene rings is 2. The highest BCUT2D eigenvalue weighted by Gasteiger charge is 2.18. The fourth-order valence-corrected chi connectivity index (χ4v) is 4.85. The Morgan fingerprint density at radius 1 is 1.23 bits per heavy atom. The van der Waals surface area contributed by atoms with Crippen LogP contribution in [0.3, 0.4) is 0 Å². The predicted octanol–water partition coefficient (Wildman–Crippen LogP) is 5.46. The van der Waals surface area contributed by atoms with Crippen LogP contribution >= 0.6 is 0 Å². The number of aromatic nitrogens is 3. The number of allylic oxidation sites excluding steroid dienone is 1. The average Bonchev–Trinajstić information content (AvgIpc) is 3.38. The zero-order chi connectivity index (χ0) is 28.1. The first-order chi connectivity index (χ1) is 19.4. The summed E-state index contributed by atoms with van der Waals surface area (Å²) in [5.74, 6) is -0.701. The number of nitrogens with zero attached hydrogens (tertiary/aromatic N) is 4. The van der Waals surface area contributed by atoms with Gasteiger partial charge in [-0.25, -0.2) is 4.39 Å². The molecule has 204 valence electrons. The Hall–Kier alpha value is -4.47. The first-order valence-electron chi connectivity index (χ1n) is 13.1. The lowest BCUT2D eigenvalue weighted by Crippen LogP contribution is -2.36. The Morgan fingerprint density at radius 2 is 2.05 bits per heavy atom. The van der Waals surface area contributed by atoms with Crippen LogP contribution in [0.2, 0.25) is 0 Å². The van der Waals surface area contributed by atoms with Crippen molar-refractivity contribution in [2.75, 3.05) is 25.0 Å². The smallest absolute Gasteiger partial charge is 0.276 e. The zero-order valence-corrected chi connectivity index (χ0v) is 22.3. The third kappa shape index (κ3) is 6.39. The van der Waals surface area contributed by atoms with Crippen LogP contribution in [0.1, 0.15) is 35.8 Å². The molecule has 40 heavy (non-hydrogen) atoms. The molecular weight excluding hydrogens is 507 g/mol. The molecule has 9 heteroatoms. The Morgan fingerprint density at radius 3 is 2.77 bits per heavy atom. The molecule has 0 spiro atoms. The van der Waals surface area contributed by atoms with Crippen LogP contribution in [0.15, 0.2) is 83.6 Å². The molecule has 1 aliphatic rings. The number of rotatable bonds is 8. The topological polar surface area (TPSA) is 106 Å². The number of aromatic amines is 1. The molecule has 2 aromatic carbocycles. The molecule has 0 atom stereocenters. The van der Waals surface area contributed by atoms with Crippen molar-refractivity contribution in [1.29, 1.82) is 0 Å². The molecule has 1 aliphatic heterocycles. The molecule has 3 heterocycles. The van der Waals surface area contributed by atoms with Gasteiger partial charge in [-0.1, -0.05) is 24.3 Å². The minimum absolute atomic E-state index is 0.220. The number of likely N-dealkylation sites (tertiary alicyclic amines) is 1. The Balaban J connectivity index is 1.32. The van der Waals surface area contributed by atoms with Gasteiger partial charge in [0.2, 0.25) is 0 Å². The highest BCUT2D eigenvalue weighted by Crippen LogP contribution is 2.25. The van der Waals surface area contributed by atoms with Gasteiger partial charge in [-0.3, -0.25) is 24.8 Å². The van der Waals surface area contributed by atoms with Gasteiger partial charge in [0.15, 0.2) is 5.69 Å². The number of aliphatic hydroxyl groups is 1. The van der Waals surface area contributed by atoms with E-state index in [-0.39, 0.29) is 23.5 Å². The first kappa shape index (κ1) is 27.1. The molecule has 3 N–H and O–H groups in total. The summed E-state index contributed by atoms with van der Waals surface area (Å²) in [6, 6.07) is 15.5. The number of carbonyl (C=O) groups is 1. The molecule has 0 unspecified atom stereocenters. The van der Waals surface area contributed by atoms with Crippen molar-refractivity contribution in [3.63, 3.8) is 0 Å². The van der Waals surface area contributed by atoms with Crippen molar-refractivity contribution in [1.82, 2.24) is 20.1 Å². The summed E-state index contributed by atoms with van der Waals surface area (Å²) >= 11 is 0. The molecular formula is C31H31FN6O2. The van der Waals surface area contributed by atoms with Gasteiger partial charge < -0.3 is 10.4 Å². The number of H-pyrrole nitrogens is 1. The van der Waals surface area contributed by atoms with Gasteiger partial charge in [-0.2, -0.15) is 5.10 Å². The van der Waals surface area contributed by atoms with Crippen LogP contribution in [0.25, 0.3) is 27.7 Å². The van der Waals surface area contributed by atoms with E-state index in [9.17, 15) is 14.3 Å². The van der Waals surface area contributed by atoms with E-state index in [1.54, 1.807) is 30.5 Å². The molecule has 8 nitrogen and oxygen atoms in total. The molecule has 2 aromatic heterocycles. The van der Waals surface area contributed by atoms with Crippen molar-refractivity contribution in [3.8, 4) is 11.3 Å². The van der Waals surface area contributed by atoms with Gasteiger partial charge in [0.25, 0.3) is 5.91 Å². The number of amides is 1. The lowest BCUT2D eigenvalue weighted by Gasteiger charge is -2.29.